The normalized spacial score (nSPS) is 22.5. The zero-order valence-electron chi connectivity index (χ0n) is 7.04. The quantitative estimate of drug-likeness (QED) is 0.765. The second-order valence-corrected chi connectivity index (χ2v) is 3.92. The largest absolute Gasteiger partial charge is 0.381 e. The van der Waals surface area contributed by atoms with E-state index in [1.807, 2.05) is 4.57 Å². The van der Waals surface area contributed by atoms with Crippen LogP contribution in [0.1, 0.15) is 6.42 Å². The number of rotatable bonds is 2. The van der Waals surface area contributed by atoms with Crippen LogP contribution in [0, 0.1) is 5.92 Å². The van der Waals surface area contributed by atoms with Gasteiger partial charge in [0.2, 0.25) is 0 Å². The second-order valence-electron chi connectivity index (χ2n) is 3.21. The first-order valence-electron chi connectivity index (χ1n) is 4.21. The third-order valence-corrected chi connectivity index (χ3v) is 2.98. The standard InChI is InChI=1S/C8H10Cl2N2O/c9-7-8(10)12(5-11-7)3-6-1-2-13-4-6/h5-6H,1-4H2. The number of ether oxygens (including phenoxy) is 1. The van der Waals surface area contributed by atoms with Crippen molar-refractivity contribution >= 4 is 23.2 Å². The molecule has 0 radical (unpaired) electrons. The first kappa shape index (κ1) is 9.31. The highest BCUT2D eigenvalue weighted by atomic mass is 35.5. The van der Waals surface area contributed by atoms with Crippen molar-refractivity contribution in [3.8, 4) is 0 Å². The van der Waals surface area contributed by atoms with E-state index in [4.69, 9.17) is 27.9 Å². The van der Waals surface area contributed by atoms with E-state index in [0.29, 0.717) is 16.2 Å². The maximum absolute atomic E-state index is 5.91. The van der Waals surface area contributed by atoms with Crippen LogP contribution in [0.25, 0.3) is 0 Å². The molecule has 1 saturated heterocycles. The molecule has 0 bridgehead atoms. The lowest BCUT2D eigenvalue weighted by Gasteiger charge is -2.08. The third-order valence-electron chi connectivity index (χ3n) is 2.21. The molecule has 0 N–H and O–H groups in total. The topological polar surface area (TPSA) is 27.1 Å². The molecule has 0 aromatic carbocycles. The van der Waals surface area contributed by atoms with E-state index in [0.717, 1.165) is 26.2 Å². The van der Waals surface area contributed by atoms with Crippen LogP contribution in [0.15, 0.2) is 6.33 Å². The summed E-state index contributed by atoms with van der Waals surface area (Å²) in [5, 5.41) is 0.897. The molecule has 0 aliphatic carbocycles. The van der Waals surface area contributed by atoms with Crippen LogP contribution in [0.2, 0.25) is 10.3 Å². The van der Waals surface area contributed by atoms with Crippen molar-refractivity contribution in [3.63, 3.8) is 0 Å². The van der Waals surface area contributed by atoms with Crippen LogP contribution in [0.4, 0.5) is 0 Å². The number of hydrogen-bond acceptors (Lipinski definition) is 2. The highest BCUT2D eigenvalue weighted by molar-refractivity contribution is 6.40. The summed E-state index contributed by atoms with van der Waals surface area (Å²) in [5.41, 5.74) is 0. The Morgan fingerprint density at radius 3 is 3.00 bits per heavy atom. The van der Waals surface area contributed by atoms with Gasteiger partial charge >= 0.3 is 0 Å². The van der Waals surface area contributed by atoms with E-state index in [2.05, 4.69) is 4.98 Å². The summed E-state index contributed by atoms with van der Waals surface area (Å²) in [4.78, 5) is 3.91. The molecule has 0 amide bonds. The fourth-order valence-electron chi connectivity index (χ4n) is 1.48. The van der Waals surface area contributed by atoms with E-state index in [1.165, 1.54) is 0 Å². The van der Waals surface area contributed by atoms with Crippen molar-refractivity contribution in [2.75, 3.05) is 13.2 Å². The Morgan fingerprint density at radius 2 is 2.46 bits per heavy atom. The number of nitrogens with zero attached hydrogens (tertiary/aromatic N) is 2. The van der Waals surface area contributed by atoms with Gasteiger partial charge in [-0.3, -0.25) is 0 Å². The van der Waals surface area contributed by atoms with Gasteiger partial charge in [-0.15, -0.1) is 0 Å². The van der Waals surface area contributed by atoms with Crippen molar-refractivity contribution < 1.29 is 4.74 Å². The van der Waals surface area contributed by atoms with Crippen molar-refractivity contribution in [2.45, 2.75) is 13.0 Å². The minimum Gasteiger partial charge on any atom is -0.381 e. The highest BCUT2D eigenvalue weighted by Gasteiger charge is 2.17. The van der Waals surface area contributed by atoms with Gasteiger partial charge in [0, 0.05) is 19.1 Å². The lowest BCUT2D eigenvalue weighted by molar-refractivity contribution is 0.182. The van der Waals surface area contributed by atoms with Crippen LogP contribution in [0.5, 0.6) is 0 Å². The van der Waals surface area contributed by atoms with Gasteiger partial charge < -0.3 is 9.30 Å². The average molecular weight is 221 g/mol. The maximum atomic E-state index is 5.91. The Balaban J connectivity index is 2.04. The second kappa shape index (κ2) is 3.86. The summed E-state index contributed by atoms with van der Waals surface area (Å²) < 4.78 is 7.13. The van der Waals surface area contributed by atoms with E-state index in [9.17, 15) is 0 Å². The molecule has 0 saturated carbocycles. The Hall–Kier alpha value is -0.250. The molecule has 1 aromatic heterocycles. The van der Waals surface area contributed by atoms with Gasteiger partial charge in [0.15, 0.2) is 5.15 Å². The fraction of sp³-hybridized carbons (Fsp3) is 0.625. The zero-order chi connectivity index (χ0) is 9.26. The van der Waals surface area contributed by atoms with Crippen LogP contribution >= 0.6 is 23.2 Å². The number of imidazole rings is 1. The molecule has 3 nitrogen and oxygen atoms in total. The van der Waals surface area contributed by atoms with Gasteiger partial charge in [0.1, 0.15) is 5.15 Å². The summed E-state index contributed by atoms with van der Waals surface area (Å²) in [5.74, 6) is 0.544. The molecule has 1 atom stereocenters. The molecule has 0 spiro atoms. The summed E-state index contributed by atoms with van der Waals surface area (Å²) in [6.07, 6.45) is 2.76. The maximum Gasteiger partial charge on any atom is 0.166 e. The number of aromatic nitrogens is 2. The fourth-order valence-corrected chi connectivity index (χ4v) is 1.79. The van der Waals surface area contributed by atoms with Crippen molar-refractivity contribution in [2.24, 2.45) is 5.92 Å². The van der Waals surface area contributed by atoms with Gasteiger partial charge in [-0.25, -0.2) is 4.98 Å². The minimum atomic E-state index is 0.376. The Labute approximate surface area is 86.6 Å². The molecule has 1 unspecified atom stereocenters. The summed E-state index contributed by atoms with van der Waals surface area (Å²) in [6.45, 7) is 2.51. The van der Waals surface area contributed by atoms with Gasteiger partial charge in [0.05, 0.1) is 12.9 Å². The van der Waals surface area contributed by atoms with E-state index in [1.54, 1.807) is 6.33 Å². The molecule has 2 rings (SSSR count). The number of hydrogen-bond donors (Lipinski definition) is 0. The van der Waals surface area contributed by atoms with Crippen LogP contribution in [-0.2, 0) is 11.3 Å². The van der Waals surface area contributed by atoms with E-state index < -0.39 is 0 Å². The highest BCUT2D eigenvalue weighted by Crippen LogP contribution is 2.22. The Kier molecular flexibility index (Phi) is 2.77. The third kappa shape index (κ3) is 1.98. The van der Waals surface area contributed by atoms with Gasteiger partial charge in [-0.2, -0.15) is 0 Å². The summed E-state index contributed by atoms with van der Waals surface area (Å²) in [6, 6.07) is 0. The van der Waals surface area contributed by atoms with Crippen LogP contribution in [-0.4, -0.2) is 22.8 Å². The molecular formula is C8H10Cl2N2O. The molecular weight excluding hydrogens is 211 g/mol. The molecule has 72 valence electrons. The molecule has 1 aliphatic heterocycles. The monoisotopic (exact) mass is 220 g/mol. The first-order valence-corrected chi connectivity index (χ1v) is 4.97. The molecule has 1 aromatic rings. The predicted octanol–water partition coefficient (Wildman–Crippen LogP) is 2.23. The molecule has 1 aliphatic rings. The predicted molar refractivity (Wildman–Crippen MR) is 51.2 cm³/mol. The van der Waals surface area contributed by atoms with Gasteiger partial charge in [0.25, 0.3) is 0 Å². The van der Waals surface area contributed by atoms with Crippen molar-refractivity contribution in [1.29, 1.82) is 0 Å². The van der Waals surface area contributed by atoms with E-state index in [-0.39, 0.29) is 0 Å². The Bertz CT molecular complexity index is 294. The smallest absolute Gasteiger partial charge is 0.166 e. The van der Waals surface area contributed by atoms with Gasteiger partial charge in [-0.1, -0.05) is 23.2 Å². The van der Waals surface area contributed by atoms with Crippen LogP contribution in [0.3, 0.4) is 0 Å². The molecule has 1 fully saturated rings. The van der Waals surface area contributed by atoms with Crippen molar-refractivity contribution in [1.82, 2.24) is 9.55 Å². The average Bonchev–Trinajstić information content (AvgIpc) is 2.71. The number of halogens is 2. The molecule has 2 heterocycles. The minimum absolute atomic E-state index is 0.376. The van der Waals surface area contributed by atoms with Gasteiger partial charge in [-0.05, 0) is 6.42 Å². The summed E-state index contributed by atoms with van der Waals surface area (Å²) >= 11 is 11.6. The zero-order valence-corrected chi connectivity index (χ0v) is 8.55. The lowest BCUT2D eigenvalue weighted by atomic mass is 10.1. The SMILES string of the molecule is Clc1ncn(CC2CCOC2)c1Cl. The van der Waals surface area contributed by atoms with Crippen LogP contribution < -0.4 is 0 Å². The van der Waals surface area contributed by atoms with E-state index >= 15 is 0 Å². The summed E-state index contributed by atoms with van der Waals surface area (Å²) in [7, 11) is 0. The molecule has 5 heteroatoms. The first-order chi connectivity index (χ1) is 6.27. The van der Waals surface area contributed by atoms with Crippen molar-refractivity contribution in [3.05, 3.63) is 16.6 Å². The Morgan fingerprint density at radius 1 is 1.62 bits per heavy atom. The molecule has 13 heavy (non-hydrogen) atoms. The lowest BCUT2D eigenvalue weighted by Crippen LogP contribution is -2.09.